The van der Waals surface area contributed by atoms with Crippen LogP contribution in [0.15, 0.2) is 60.0 Å². The first-order chi connectivity index (χ1) is 14.1. The lowest BCUT2D eigenvalue weighted by molar-refractivity contribution is -0.122. The summed E-state index contributed by atoms with van der Waals surface area (Å²) in [4.78, 5) is 29.0. The maximum atomic E-state index is 12.5. The Hall–Kier alpha value is -3.50. The highest BCUT2D eigenvalue weighted by Crippen LogP contribution is 2.23. The minimum Gasteiger partial charge on any atom is -0.488 e. The Morgan fingerprint density at radius 1 is 1.14 bits per heavy atom. The number of hydrogen-bond acceptors (Lipinski definition) is 7. The molecule has 7 heteroatoms. The van der Waals surface area contributed by atoms with Crippen LogP contribution in [0.2, 0.25) is 0 Å². The van der Waals surface area contributed by atoms with Gasteiger partial charge < -0.3 is 9.47 Å². The summed E-state index contributed by atoms with van der Waals surface area (Å²) >= 11 is 1.23. The average molecular weight is 406 g/mol. The Kier molecular flexibility index (Phi) is 6.72. The van der Waals surface area contributed by atoms with E-state index < -0.39 is 24.3 Å². The van der Waals surface area contributed by atoms with Crippen molar-refractivity contribution in [1.82, 2.24) is 4.98 Å². The zero-order valence-corrected chi connectivity index (χ0v) is 16.5. The summed E-state index contributed by atoms with van der Waals surface area (Å²) in [6.07, 6.45) is 0. The minimum absolute atomic E-state index is 0.217. The van der Waals surface area contributed by atoms with Gasteiger partial charge in [0.05, 0.1) is 6.07 Å². The standard InChI is InChI=1S/C22H18N2O4S/c1-15-14-29-21(24-15)18(11-23)19(25)13-28-22(26)17-9-5-6-10-20(17)27-12-16-7-3-2-4-8-16/h2-10,14,18H,12-13H2,1H3/t18-/m0/s1. The summed E-state index contributed by atoms with van der Waals surface area (Å²) in [5.74, 6) is -1.89. The molecule has 0 unspecified atom stereocenters. The van der Waals surface area contributed by atoms with E-state index in [-0.39, 0.29) is 5.56 Å². The number of esters is 1. The summed E-state index contributed by atoms with van der Waals surface area (Å²) in [7, 11) is 0. The third-order valence-corrected chi connectivity index (χ3v) is 5.05. The average Bonchev–Trinajstić information content (AvgIpc) is 3.17. The van der Waals surface area contributed by atoms with Crippen LogP contribution in [0.1, 0.15) is 32.5 Å². The molecule has 0 fully saturated rings. The summed E-state index contributed by atoms with van der Waals surface area (Å²) in [5, 5.41) is 11.5. The van der Waals surface area contributed by atoms with E-state index in [9.17, 15) is 14.9 Å². The highest BCUT2D eigenvalue weighted by molar-refractivity contribution is 7.09. The molecule has 0 amide bonds. The summed E-state index contributed by atoms with van der Waals surface area (Å²) < 4.78 is 10.9. The SMILES string of the molecule is Cc1csc([C@@H](C#N)C(=O)COC(=O)c2ccccc2OCc2ccccc2)n1. The summed E-state index contributed by atoms with van der Waals surface area (Å²) in [6, 6.07) is 18.1. The van der Waals surface area contributed by atoms with Gasteiger partial charge in [0.1, 0.15) is 22.9 Å². The highest BCUT2D eigenvalue weighted by atomic mass is 32.1. The maximum Gasteiger partial charge on any atom is 0.342 e. The second kappa shape index (κ2) is 9.62. The van der Waals surface area contributed by atoms with Gasteiger partial charge in [-0.1, -0.05) is 42.5 Å². The first-order valence-corrected chi connectivity index (χ1v) is 9.73. The predicted octanol–water partition coefficient (Wildman–Crippen LogP) is 4.06. The number of benzene rings is 2. The van der Waals surface area contributed by atoms with E-state index in [0.717, 1.165) is 11.3 Å². The van der Waals surface area contributed by atoms with E-state index in [1.54, 1.807) is 36.6 Å². The lowest BCUT2D eigenvalue weighted by Crippen LogP contribution is -2.20. The second-order valence-corrected chi connectivity index (χ2v) is 7.09. The molecule has 2 aromatic carbocycles. The number of nitriles is 1. The molecule has 29 heavy (non-hydrogen) atoms. The minimum atomic E-state index is -1.05. The number of para-hydroxylation sites is 1. The fraction of sp³-hybridized carbons (Fsp3) is 0.182. The molecular weight excluding hydrogens is 388 g/mol. The Morgan fingerprint density at radius 2 is 1.86 bits per heavy atom. The number of hydrogen-bond donors (Lipinski definition) is 0. The number of ketones is 1. The number of Topliss-reactive ketones (excluding diaryl/α,β-unsaturated/α-hetero) is 1. The third kappa shape index (κ3) is 5.27. The molecule has 3 rings (SSSR count). The molecule has 0 aliphatic rings. The molecule has 0 saturated carbocycles. The van der Waals surface area contributed by atoms with Crippen LogP contribution in [-0.4, -0.2) is 23.3 Å². The van der Waals surface area contributed by atoms with Gasteiger partial charge in [-0.3, -0.25) is 4.79 Å². The molecule has 0 aliphatic heterocycles. The third-order valence-electron chi connectivity index (χ3n) is 4.02. The summed E-state index contributed by atoms with van der Waals surface area (Å²) in [6.45, 7) is 1.57. The van der Waals surface area contributed by atoms with E-state index in [2.05, 4.69) is 4.98 Å². The number of carbonyl (C=O) groups is 2. The Morgan fingerprint density at radius 3 is 2.55 bits per heavy atom. The largest absolute Gasteiger partial charge is 0.488 e. The van der Waals surface area contributed by atoms with E-state index in [0.29, 0.717) is 17.4 Å². The van der Waals surface area contributed by atoms with E-state index in [1.165, 1.54) is 11.3 Å². The smallest absolute Gasteiger partial charge is 0.342 e. The van der Waals surface area contributed by atoms with Crippen LogP contribution >= 0.6 is 11.3 Å². The van der Waals surface area contributed by atoms with Gasteiger partial charge in [0.2, 0.25) is 0 Å². The van der Waals surface area contributed by atoms with Crippen LogP contribution in [0.25, 0.3) is 0 Å². The molecule has 0 N–H and O–H groups in total. The molecule has 0 radical (unpaired) electrons. The summed E-state index contributed by atoms with van der Waals surface area (Å²) in [5.41, 5.74) is 1.91. The van der Waals surface area contributed by atoms with Crippen LogP contribution in [0.4, 0.5) is 0 Å². The van der Waals surface area contributed by atoms with Crippen molar-refractivity contribution in [1.29, 1.82) is 5.26 Å². The van der Waals surface area contributed by atoms with Crippen molar-refractivity contribution in [3.63, 3.8) is 0 Å². The van der Waals surface area contributed by atoms with Crippen molar-refractivity contribution in [3.8, 4) is 11.8 Å². The lowest BCUT2D eigenvalue weighted by atomic mass is 10.1. The van der Waals surface area contributed by atoms with Gasteiger partial charge in [-0.05, 0) is 24.6 Å². The Labute approximate surface area is 172 Å². The molecule has 0 saturated heterocycles. The molecule has 0 aliphatic carbocycles. The zero-order chi connectivity index (χ0) is 20.6. The van der Waals surface area contributed by atoms with Crippen molar-refractivity contribution < 1.29 is 19.1 Å². The van der Waals surface area contributed by atoms with Gasteiger partial charge in [0.15, 0.2) is 18.3 Å². The lowest BCUT2D eigenvalue weighted by Gasteiger charge is -2.11. The number of nitrogens with zero attached hydrogens (tertiary/aromatic N) is 2. The molecule has 1 heterocycles. The number of aryl methyl sites for hydroxylation is 1. The van der Waals surface area contributed by atoms with Crippen LogP contribution in [0.3, 0.4) is 0 Å². The molecule has 3 aromatic rings. The van der Waals surface area contributed by atoms with E-state index in [4.69, 9.17) is 9.47 Å². The number of ether oxygens (including phenoxy) is 2. The van der Waals surface area contributed by atoms with Crippen molar-refractivity contribution in [3.05, 3.63) is 81.8 Å². The van der Waals surface area contributed by atoms with Crippen LogP contribution < -0.4 is 4.74 Å². The monoisotopic (exact) mass is 406 g/mol. The van der Waals surface area contributed by atoms with Crippen molar-refractivity contribution in [2.24, 2.45) is 0 Å². The first-order valence-electron chi connectivity index (χ1n) is 8.85. The number of rotatable bonds is 8. The quantitative estimate of drug-likeness (QED) is 0.524. The van der Waals surface area contributed by atoms with Gasteiger partial charge in [-0.15, -0.1) is 11.3 Å². The Bertz CT molecular complexity index is 1040. The van der Waals surface area contributed by atoms with E-state index in [1.807, 2.05) is 36.4 Å². The topological polar surface area (TPSA) is 89.3 Å². The van der Waals surface area contributed by atoms with Crippen LogP contribution in [0.5, 0.6) is 5.75 Å². The van der Waals surface area contributed by atoms with Gasteiger partial charge in [0.25, 0.3) is 0 Å². The first kappa shape index (κ1) is 20.2. The molecular formula is C22H18N2O4S. The Balaban J connectivity index is 1.63. The predicted molar refractivity (Wildman–Crippen MR) is 108 cm³/mol. The van der Waals surface area contributed by atoms with Crippen molar-refractivity contribution in [2.45, 2.75) is 19.4 Å². The van der Waals surface area contributed by atoms with E-state index >= 15 is 0 Å². The van der Waals surface area contributed by atoms with Crippen molar-refractivity contribution in [2.75, 3.05) is 6.61 Å². The molecule has 146 valence electrons. The molecule has 0 bridgehead atoms. The number of thiazole rings is 1. The van der Waals surface area contributed by atoms with Crippen molar-refractivity contribution >= 4 is 23.1 Å². The van der Waals surface area contributed by atoms with Gasteiger partial charge in [-0.2, -0.15) is 5.26 Å². The number of aromatic nitrogens is 1. The number of carbonyl (C=O) groups excluding carboxylic acids is 2. The molecule has 1 aromatic heterocycles. The maximum absolute atomic E-state index is 12.5. The second-order valence-electron chi connectivity index (χ2n) is 6.20. The van der Waals surface area contributed by atoms with Gasteiger partial charge in [0, 0.05) is 11.1 Å². The van der Waals surface area contributed by atoms with Gasteiger partial charge >= 0.3 is 5.97 Å². The van der Waals surface area contributed by atoms with Crippen LogP contribution in [0, 0.1) is 18.3 Å². The molecule has 6 nitrogen and oxygen atoms in total. The normalized spacial score (nSPS) is 11.3. The van der Waals surface area contributed by atoms with Gasteiger partial charge in [-0.25, -0.2) is 9.78 Å². The van der Waals surface area contributed by atoms with Crippen LogP contribution in [-0.2, 0) is 16.1 Å². The zero-order valence-electron chi connectivity index (χ0n) is 15.7. The molecule has 0 spiro atoms. The highest BCUT2D eigenvalue weighted by Gasteiger charge is 2.25. The fourth-order valence-corrected chi connectivity index (χ4v) is 3.42. The molecule has 1 atom stereocenters. The fourth-order valence-electron chi connectivity index (χ4n) is 2.56.